The van der Waals surface area contributed by atoms with Crippen molar-refractivity contribution in [2.75, 3.05) is 6.61 Å². The van der Waals surface area contributed by atoms with Crippen LogP contribution in [0.4, 0.5) is 0 Å². The summed E-state index contributed by atoms with van der Waals surface area (Å²) in [6.45, 7) is 8.56. The van der Waals surface area contributed by atoms with Gasteiger partial charge >= 0.3 is 29.8 Å². The Morgan fingerprint density at radius 2 is 0.796 bits per heavy atom. The van der Waals surface area contributed by atoms with E-state index in [1.54, 1.807) is 148 Å². The average molecular weight is 735 g/mol. The van der Waals surface area contributed by atoms with Crippen molar-refractivity contribution in [1.82, 2.24) is 0 Å². The molecule has 0 aliphatic heterocycles. The summed E-state index contributed by atoms with van der Waals surface area (Å²) in [5.41, 5.74) is 0.308. The number of esters is 5. The van der Waals surface area contributed by atoms with Gasteiger partial charge in [-0.1, -0.05) is 78.9 Å². The molecule has 4 atom stereocenters. The van der Waals surface area contributed by atoms with E-state index in [1.807, 2.05) is 0 Å². The van der Waals surface area contributed by atoms with Gasteiger partial charge in [0.2, 0.25) is 0 Å². The fraction of sp³-hybridized carbons (Fsp3) is 0.295. The zero-order valence-corrected chi connectivity index (χ0v) is 30.8. The maximum absolute atomic E-state index is 13.5. The lowest BCUT2D eigenvalue weighted by Crippen LogP contribution is -2.36. The van der Waals surface area contributed by atoms with E-state index < -0.39 is 59.7 Å². The highest BCUT2D eigenvalue weighted by Crippen LogP contribution is 2.25. The zero-order valence-electron chi connectivity index (χ0n) is 30.8. The maximum atomic E-state index is 13.5. The summed E-state index contributed by atoms with van der Waals surface area (Å²) in [5, 5.41) is 0. The summed E-state index contributed by atoms with van der Waals surface area (Å²) in [4.78, 5) is 66.2. The Morgan fingerprint density at radius 1 is 0.500 bits per heavy atom. The molecule has 0 N–H and O–H groups in total. The molecule has 0 aliphatic carbocycles. The Balaban J connectivity index is 1.67. The van der Waals surface area contributed by atoms with Gasteiger partial charge in [0.05, 0.1) is 27.7 Å². The van der Waals surface area contributed by atoms with Gasteiger partial charge < -0.3 is 23.7 Å². The van der Waals surface area contributed by atoms with E-state index in [9.17, 15) is 24.0 Å². The molecule has 4 rings (SSSR count). The third-order valence-corrected chi connectivity index (χ3v) is 8.15. The van der Waals surface area contributed by atoms with Crippen LogP contribution in [0.1, 0.15) is 87.9 Å². The Labute approximate surface area is 316 Å². The third-order valence-electron chi connectivity index (χ3n) is 8.15. The van der Waals surface area contributed by atoms with Crippen molar-refractivity contribution in [3.8, 4) is 0 Å². The number of hydrogen-bond acceptors (Lipinski definition) is 10. The number of ether oxygens (including phenoxy) is 5. The van der Waals surface area contributed by atoms with Crippen molar-refractivity contribution in [3.63, 3.8) is 0 Å². The first-order chi connectivity index (χ1) is 25.9. The summed E-state index contributed by atoms with van der Waals surface area (Å²) in [6, 6.07) is 33.4. The second-order valence-corrected chi connectivity index (χ2v) is 13.7. The minimum atomic E-state index is -1.08. The SMILES string of the molecule is C=CC[C@@H](C[C@@H](C[C@@H](C[C@@H](COC(=O)C(C)(C)C)OC(=O)c1ccccc1)OC(=O)c1ccccc1)OC(=O)c1ccccc1)OC(=O)c1ccccc1. The van der Waals surface area contributed by atoms with Crippen LogP contribution >= 0.6 is 0 Å². The van der Waals surface area contributed by atoms with Gasteiger partial charge in [-0.3, -0.25) is 4.79 Å². The van der Waals surface area contributed by atoms with Crippen LogP contribution in [0.25, 0.3) is 0 Å². The van der Waals surface area contributed by atoms with E-state index in [2.05, 4.69) is 6.58 Å². The molecule has 0 bridgehead atoms. The molecule has 0 fully saturated rings. The van der Waals surface area contributed by atoms with E-state index in [0.29, 0.717) is 5.56 Å². The van der Waals surface area contributed by atoms with E-state index in [0.717, 1.165) is 0 Å². The van der Waals surface area contributed by atoms with Crippen molar-refractivity contribution in [3.05, 3.63) is 156 Å². The average Bonchev–Trinajstić information content (AvgIpc) is 3.17. The van der Waals surface area contributed by atoms with Gasteiger partial charge in [0, 0.05) is 25.7 Å². The molecule has 0 spiro atoms. The van der Waals surface area contributed by atoms with Crippen molar-refractivity contribution >= 4 is 29.8 Å². The van der Waals surface area contributed by atoms with E-state index in [-0.39, 0.29) is 49.0 Å². The number of hydrogen-bond donors (Lipinski definition) is 0. The smallest absolute Gasteiger partial charge is 0.338 e. The fourth-order valence-corrected chi connectivity index (χ4v) is 5.35. The number of benzene rings is 4. The number of carbonyl (C=O) groups is 5. The molecule has 0 amide bonds. The van der Waals surface area contributed by atoms with Crippen LogP contribution in [0.15, 0.2) is 134 Å². The first kappa shape index (κ1) is 40.7. The number of rotatable bonds is 18. The molecule has 0 radical (unpaired) electrons. The Bertz CT molecular complexity index is 1820. The Morgan fingerprint density at radius 3 is 1.13 bits per heavy atom. The predicted octanol–water partition coefficient (Wildman–Crippen LogP) is 8.22. The van der Waals surface area contributed by atoms with Gasteiger partial charge in [-0.25, -0.2) is 19.2 Å². The zero-order chi connectivity index (χ0) is 38.9. The molecule has 0 unspecified atom stereocenters. The summed E-state index contributed by atoms with van der Waals surface area (Å²) in [6.07, 6.45) is -2.30. The molecule has 4 aromatic rings. The molecule has 0 aromatic heterocycles. The summed E-state index contributed by atoms with van der Waals surface area (Å²) >= 11 is 0. The Kier molecular flexibility index (Phi) is 15.3. The molecule has 0 aliphatic rings. The van der Waals surface area contributed by atoms with Gasteiger partial charge in [-0.05, 0) is 69.3 Å². The van der Waals surface area contributed by atoms with Crippen LogP contribution in [0.5, 0.6) is 0 Å². The summed E-state index contributed by atoms with van der Waals surface area (Å²) in [7, 11) is 0. The highest BCUT2D eigenvalue weighted by atomic mass is 16.6. The number of carbonyl (C=O) groups excluding carboxylic acids is 5. The van der Waals surface area contributed by atoms with Gasteiger partial charge in [0.25, 0.3) is 0 Å². The molecular weight excluding hydrogens is 688 g/mol. The molecule has 0 saturated carbocycles. The third kappa shape index (κ3) is 13.2. The van der Waals surface area contributed by atoms with Gasteiger partial charge in [-0.15, -0.1) is 6.58 Å². The van der Waals surface area contributed by atoms with E-state index in [4.69, 9.17) is 23.7 Å². The van der Waals surface area contributed by atoms with Gasteiger partial charge in [-0.2, -0.15) is 0 Å². The van der Waals surface area contributed by atoms with Crippen LogP contribution in [0, 0.1) is 5.41 Å². The van der Waals surface area contributed by atoms with Crippen molar-refractivity contribution in [2.24, 2.45) is 5.41 Å². The lowest BCUT2D eigenvalue weighted by atomic mass is 9.97. The van der Waals surface area contributed by atoms with Crippen LogP contribution in [-0.2, 0) is 28.5 Å². The van der Waals surface area contributed by atoms with Crippen molar-refractivity contribution < 1.29 is 47.7 Å². The largest absolute Gasteiger partial charge is 0.461 e. The Hall–Kier alpha value is -6.03. The van der Waals surface area contributed by atoms with Crippen LogP contribution < -0.4 is 0 Å². The van der Waals surface area contributed by atoms with Gasteiger partial charge in [0.1, 0.15) is 31.0 Å². The minimum Gasteiger partial charge on any atom is -0.461 e. The molecule has 0 heterocycles. The summed E-state index contributed by atoms with van der Waals surface area (Å²) in [5.74, 6) is -3.09. The molecular formula is C44H46O10. The maximum Gasteiger partial charge on any atom is 0.338 e. The quantitative estimate of drug-likeness (QED) is 0.0560. The van der Waals surface area contributed by atoms with Crippen LogP contribution in [0.3, 0.4) is 0 Å². The normalized spacial score (nSPS) is 13.2. The molecule has 10 heteroatoms. The minimum absolute atomic E-state index is 0.00995. The lowest BCUT2D eigenvalue weighted by molar-refractivity contribution is -0.156. The first-order valence-corrected chi connectivity index (χ1v) is 17.7. The highest BCUT2D eigenvalue weighted by molar-refractivity contribution is 5.91. The first-order valence-electron chi connectivity index (χ1n) is 17.7. The molecule has 282 valence electrons. The molecule has 0 saturated heterocycles. The van der Waals surface area contributed by atoms with Crippen molar-refractivity contribution in [2.45, 2.75) is 70.9 Å². The van der Waals surface area contributed by atoms with E-state index >= 15 is 0 Å². The molecule has 10 nitrogen and oxygen atoms in total. The van der Waals surface area contributed by atoms with Crippen LogP contribution in [0.2, 0.25) is 0 Å². The standard InChI is InChI=1S/C44H46O10/c1-5-18-35(51-39(45)31-19-10-6-11-20-31)27-36(52-40(46)32-21-12-7-13-22-32)28-37(53-41(47)33-23-14-8-15-24-33)29-38(30-50-43(49)44(2,3)4)54-42(48)34-25-16-9-17-26-34/h5-17,19-26,35-38H,1,18,27-30H2,2-4H3/t35-,36-,37-,38-/m0/s1. The molecule has 54 heavy (non-hydrogen) atoms. The van der Waals surface area contributed by atoms with E-state index in [1.165, 1.54) is 0 Å². The predicted molar refractivity (Wildman–Crippen MR) is 202 cm³/mol. The van der Waals surface area contributed by atoms with Crippen LogP contribution in [-0.4, -0.2) is 60.9 Å². The topological polar surface area (TPSA) is 132 Å². The monoisotopic (exact) mass is 734 g/mol. The second kappa shape index (κ2) is 20.3. The highest BCUT2D eigenvalue weighted by Gasteiger charge is 2.33. The fourth-order valence-electron chi connectivity index (χ4n) is 5.35. The van der Waals surface area contributed by atoms with Crippen molar-refractivity contribution in [1.29, 1.82) is 0 Å². The molecule has 4 aromatic carbocycles. The van der Waals surface area contributed by atoms with Gasteiger partial charge in [0.15, 0.2) is 0 Å². The lowest BCUT2D eigenvalue weighted by Gasteiger charge is -2.29. The summed E-state index contributed by atoms with van der Waals surface area (Å²) < 4.78 is 29.4. The second-order valence-electron chi connectivity index (χ2n) is 13.7.